The normalized spacial score (nSPS) is 10.7. The molecule has 0 unspecified atom stereocenters. The van der Waals surface area contributed by atoms with Gasteiger partial charge in [0.2, 0.25) is 0 Å². The van der Waals surface area contributed by atoms with Gasteiger partial charge < -0.3 is 5.11 Å². The van der Waals surface area contributed by atoms with Gasteiger partial charge in [-0.25, -0.2) is 9.48 Å². The zero-order valence-electron chi connectivity index (χ0n) is 13.2. The third-order valence-corrected chi connectivity index (χ3v) is 3.79. The van der Waals surface area contributed by atoms with E-state index >= 15 is 0 Å². The summed E-state index contributed by atoms with van der Waals surface area (Å²) in [5.74, 6) is -0.989. The monoisotopic (exact) mass is 307 g/mol. The Balaban J connectivity index is 2.34. The van der Waals surface area contributed by atoms with E-state index in [4.69, 9.17) is 0 Å². The summed E-state index contributed by atoms with van der Waals surface area (Å²) in [7, 11) is 0. The number of nitrogens with zero attached hydrogens (tertiary/aromatic N) is 3. The summed E-state index contributed by atoms with van der Waals surface area (Å²) in [5, 5.41) is 14.1. The average Bonchev–Trinajstić information content (AvgIpc) is 2.85. The summed E-state index contributed by atoms with van der Waals surface area (Å²) < 4.78 is 1.70. The largest absolute Gasteiger partial charge is 0.478 e. The molecular formula is C18H17N3O2. The molecule has 0 saturated carbocycles. The molecule has 0 aliphatic rings. The van der Waals surface area contributed by atoms with Crippen molar-refractivity contribution in [3.8, 4) is 16.9 Å². The first kappa shape index (κ1) is 15.0. The Labute approximate surface area is 134 Å². The van der Waals surface area contributed by atoms with Crippen molar-refractivity contribution in [3.05, 3.63) is 65.1 Å². The molecule has 0 aliphatic heterocycles. The van der Waals surface area contributed by atoms with Gasteiger partial charge in [-0.15, -0.1) is 0 Å². The van der Waals surface area contributed by atoms with Crippen molar-refractivity contribution in [3.63, 3.8) is 0 Å². The number of hydrogen-bond acceptors (Lipinski definition) is 3. The second-order valence-corrected chi connectivity index (χ2v) is 5.56. The summed E-state index contributed by atoms with van der Waals surface area (Å²) in [6.45, 7) is 5.73. The number of carbonyl (C=O) groups is 1. The minimum absolute atomic E-state index is 0.206. The van der Waals surface area contributed by atoms with E-state index in [2.05, 4.69) is 16.1 Å². The van der Waals surface area contributed by atoms with Crippen LogP contribution in [0.1, 0.15) is 27.2 Å². The predicted molar refractivity (Wildman–Crippen MR) is 88.0 cm³/mol. The van der Waals surface area contributed by atoms with Crippen molar-refractivity contribution in [2.24, 2.45) is 0 Å². The number of aryl methyl sites for hydroxylation is 3. The van der Waals surface area contributed by atoms with Gasteiger partial charge in [0.05, 0.1) is 17.1 Å². The fourth-order valence-electron chi connectivity index (χ4n) is 2.77. The molecule has 0 amide bonds. The molecule has 3 rings (SSSR count). The van der Waals surface area contributed by atoms with Crippen molar-refractivity contribution < 1.29 is 9.90 Å². The van der Waals surface area contributed by atoms with Gasteiger partial charge in [-0.2, -0.15) is 5.10 Å². The van der Waals surface area contributed by atoms with E-state index < -0.39 is 5.97 Å². The molecule has 23 heavy (non-hydrogen) atoms. The highest BCUT2D eigenvalue weighted by atomic mass is 16.4. The average molecular weight is 307 g/mol. The van der Waals surface area contributed by atoms with Crippen molar-refractivity contribution >= 4 is 5.97 Å². The van der Waals surface area contributed by atoms with E-state index in [1.54, 1.807) is 30.1 Å². The van der Waals surface area contributed by atoms with Gasteiger partial charge in [-0.05, 0) is 44.5 Å². The van der Waals surface area contributed by atoms with E-state index in [-0.39, 0.29) is 5.56 Å². The topological polar surface area (TPSA) is 68.0 Å². The third-order valence-electron chi connectivity index (χ3n) is 3.79. The summed E-state index contributed by atoms with van der Waals surface area (Å²) in [4.78, 5) is 15.8. The number of aromatic nitrogens is 3. The molecule has 0 atom stereocenters. The van der Waals surface area contributed by atoms with Crippen LogP contribution in [-0.2, 0) is 0 Å². The Morgan fingerprint density at radius 2 is 1.96 bits per heavy atom. The fraction of sp³-hybridized carbons (Fsp3) is 0.167. The van der Waals surface area contributed by atoms with Gasteiger partial charge in [0.15, 0.2) is 0 Å². The maximum absolute atomic E-state index is 11.7. The Bertz CT molecular complexity index is 883. The van der Waals surface area contributed by atoms with Crippen LogP contribution < -0.4 is 0 Å². The third kappa shape index (κ3) is 2.61. The van der Waals surface area contributed by atoms with Gasteiger partial charge in [0, 0.05) is 18.0 Å². The Hall–Kier alpha value is -2.95. The predicted octanol–water partition coefficient (Wildman–Crippen LogP) is 3.56. The minimum atomic E-state index is -0.989. The molecule has 0 bridgehead atoms. The van der Waals surface area contributed by atoms with Crippen LogP contribution >= 0.6 is 0 Å². The van der Waals surface area contributed by atoms with Gasteiger partial charge in [0.1, 0.15) is 5.56 Å². The minimum Gasteiger partial charge on any atom is -0.478 e. The first-order valence-corrected chi connectivity index (χ1v) is 7.30. The SMILES string of the molecule is Cc1ccc(-n2nc(C)c(C(=O)O)c2-c2cccnc2)c(C)c1. The molecule has 3 aromatic rings. The van der Waals surface area contributed by atoms with Crippen LogP contribution in [0, 0.1) is 20.8 Å². The molecule has 2 aromatic heterocycles. The number of rotatable bonds is 3. The molecule has 2 heterocycles. The van der Waals surface area contributed by atoms with E-state index in [1.165, 1.54) is 0 Å². The molecule has 0 radical (unpaired) electrons. The van der Waals surface area contributed by atoms with Crippen LogP contribution in [-0.4, -0.2) is 25.8 Å². The highest BCUT2D eigenvalue weighted by Gasteiger charge is 2.23. The van der Waals surface area contributed by atoms with Gasteiger partial charge in [0.25, 0.3) is 0 Å². The van der Waals surface area contributed by atoms with Crippen molar-refractivity contribution in [1.29, 1.82) is 0 Å². The van der Waals surface area contributed by atoms with Crippen molar-refractivity contribution in [1.82, 2.24) is 14.8 Å². The second-order valence-electron chi connectivity index (χ2n) is 5.56. The second kappa shape index (κ2) is 5.68. The van der Waals surface area contributed by atoms with Crippen molar-refractivity contribution in [2.45, 2.75) is 20.8 Å². The lowest BCUT2D eigenvalue weighted by molar-refractivity contribution is 0.0697. The standard InChI is InChI=1S/C18H17N3O2/c1-11-6-7-15(12(2)9-11)21-17(14-5-4-8-19-10-14)16(18(22)23)13(3)20-21/h4-10H,1-3H3,(H,22,23). The number of pyridine rings is 1. The zero-order valence-corrected chi connectivity index (χ0v) is 13.2. The number of aromatic carboxylic acids is 1. The molecule has 5 nitrogen and oxygen atoms in total. The first-order chi connectivity index (χ1) is 11.0. The van der Waals surface area contributed by atoms with Crippen LogP contribution in [0.3, 0.4) is 0 Å². The van der Waals surface area contributed by atoms with Gasteiger partial charge in [-0.1, -0.05) is 17.7 Å². The molecular weight excluding hydrogens is 290 g/mol. The molecule has 1 N–H and O–H groups in total. The van der Waals surface area contributed by atoms with E-state index in [9.17, 15) is 9.90 Å². The van der Waals surface area contributed by atoms with Crippen LogP contribution in [0.5, 0.6) is 0 Å². The first-order valence-electron chi connectivity index (χ1n) is 7.30. The molecule has 0 saturated heterocycles. The number of hydrogen-bond donors (Lipinski definition) is 1. The molecule has 0 fully saturated rings. The lowest BCUT2D eigenvalue weighted by Crippen LogP contribution is -2.04. The highest BCUT2D eigenvalue weighted by molar-refractivity contribution is 5.96. The maximum Gasteiger partial charge on any atom is 0.339 e. The Morgan fingerprint density at radius 3 is 2.57 bits per heavy atom. The van der Waals surface area contributed by atoms with Crippen LogP contribution in [0.15, 0.2) is 42.7 Å². The van der Waals surface area contributed by atoms with Crippen LogP contribution in [0.2, 0.25) is 0 Å². The van der Waals surface area contributed by atoms with Crippen LogP contribution in [0.4, 0.5) is 0 Å². The quantitative estimate of drug-likeness (QED) is 0.803. The number of carboxylic acids is 1. The van der Waals surface area contributed by atoms with E-state index in [0.717, 1.165) is 22.4 Å². The van der Waals surface area contributed by atoms with Crippen LogP contribution in [0.25, 0.3) is 16.9 Å². The lowest BCUT2D eigenvalue weighted by Gasteiger charge is -2.11. The summed E-state index contributed by atoms with van der Waals surface area (Å²) in [6, 6.07) is 9.64. The summed E-state index contributed by atoms with van der Waals surface area (Å²) in [5.41, 5.74) is 5.02. The fourth-order valence-corrected chi connectivity index (χ4v) is 2.77. The lowest BCUT2D eigenvalue weighted by atomic mass is 10.1. The maximum atomic E-state index is 11.7. The Kier molecular flexibility index (Phi) is 3.70. The molecule has 116 valence electrons. The smallest absolute Gasteiger partial charge is 0.339 e. The molecule has 5 heteroatoms. The zero-order chi connectivity index (χ0) is 16.6. The molecule has 0 spiro atoms. The summed E-state index contributed by atoms with van der Waals surface area (Å²) >= 11 is 0. The molecule has 1 aromatic carbocycles. The van der Waals surface area contributed by atoms with Gasteiger partial charge >= 0.3 is 5.97 Å². The highest BCUT2D eigenvalue weighted by Crippen LogP contribution is 2.30. The van der Waals surface area contributed by atoms with Gasteiger partial charge in [-0.3, -0.25) is 4.98 Å². The number of benzene rings is 1. The summed E-state index contributed by atoms with van der Waals surface area (Å²) in [6.07, 6.45) is 3.32. The Morgan fingerprint density at radius 1 is 1.17 bits per heavy atom. The van der Waals surface area contributed by atoms with Crippen molar-refractivity contribution in [2.75, 3.05) is 0 Å². The van der Waals surface area contributed by atoms with E-state index in [1.807, 2.05) is 32.0 Å². The molecule has 0 aliphatic carbocycles. The number of carboxylic acid groups (broad SMARTS) is 1. The van der Waals surface area contributed by atoms with E-state index in [0.29, 0.717) is 11.4 Å².